The van der Waals surface area contributed by atoms with Gasteiger partial charge in [0.1, 0.15) is 5.75 Å². The zero-order valence-electron chi connectivity index (χ0n) is 14.1. The fourth-order valence-electron chi connectivity index (χ4n) is 2.69. The minimum absolute atomic E-state index is 0.267. The molecule has 0 aliphatic carbocycles. The van der Waals surface area contributed by atoms with Crippen LogP contribution >= 0.6 is 27.3 Å². The van der Waals surface area contributed by atoms with E-state index in [1.807, 2.05) is 30.3 Å². The van der Waals surface area contributed by atoms with Crippen LogP contribution in [0.25, 0.3) is 21.5 Å². The topological polar surface area (TPSA) is 77.0 Å². The molecule has 0 saturated heterocycles. The Hall–Kier alpha value is -2.84. The molecule has 4 rings (SSSR count). The molecular weight excluding hydrogens is 428 g/mol. The van der Waals surface area contributed by atoms with E-state index in [1.54, 1.807) is 31.8 Å². The number of carbonyl (C=O) groups is 1. The maximum Gasteiger partial charge on any atom is 0.258 e. The van der Waals surface area contributed by atoms with Gasteiger partial charge < -0.3 is 4.74 Å². The van der Waals surface area contributed by atoms with Gasteiger partial charge in [-0.1, -0.05) is 29.5 Å². The van der Waals surface area contributed by atoms with Crippen molar-refractivity contribution in [3.63, 3.8) is 0 Å². The number of hydrogen-bond donors (Lipinski definition) is 1. The van der Waals surface area contributed by atoms with Crippen LogP contribution in [0.3, 0.4) is 0 Å². The predicted molar refractivity (Wildman–Crippen MR) is 109 cm³/mol. The second-order valence-corrected chi connectivity index (χ2v) is 7.52. The van der Waals surface area contributed by atoms with Crippen LogP contribution < -0.4 is 10.1 Å². The van der Waals surface area contributed by atoms with Crippen molar-refractivity contribution in [1.82, 2.24) is 15.0 Å². The number of fused-ring (bicyclic) bond motifs is 1. The Labute approximate surface area is 167 Å². The molecular formula is C19H13BrN4O2S. The van der Waals surface area contributed by atoms with Gasteiger partial charge in [0.05, 0.1) is 17.4 Å². The first-order valence-electron chi connectivity index (χ1n) is 7.96. The van der Waals surface area contributed by atoms with Gasteiger partial charge in [0.2, 0.25) is 0 Å². The minimum atomic E-state index is -0.267. The van der Waals surface area contributed by atoms with Crippen molar-refractivity contribution in [3.8, 4) is 16.9 Å². The summed E-state index contributed by atoms with van der Waals surface area (Å²) in [6.45, 7) is 0. The molecule has 0 aliphatic heterocycles. The second-order valence-electron chi connectivity index (χ2n) is 5.57. The van der Waals surface area contributed by atoms with Gasteiger partial charge >= 0.3 is 0 Å². The number of amides is 1. The average molecular weight is 441 g/mol. The first-order chi connectivity index (χ1) is 13.2. The number of carbonyl (C=O) groups excluding carboxylic acids is 1. The smallest absolute Gasteiger partial charge is 0.258 e. The number of nitrogens with zero attached hydrogens (tertiary/aromatic N) is 3. The van der Waals surface area contributed by atoms with Crippen molar-refractivity contribution in [3.05, 3.63) is 65.0 Å². The molecule has 3 aromatic heterocycles. The number of pyridine rings is 2. The van der Waals surface area contributed by atoms with Crippen LogP contribution in [-0.2, 0) is 0 Å². The SMILES string of the molecule is COc1ccccc1-c1cnccc1C(=O)Nc1nc2ncc(Br)cc2s1. The monoisotopic (exact) mass is 440 g/mol. The summed E-state index contributed by atoms with van der Waals surface area (Å²) < 4.78 is 7.17. The highest BCUT2D eigenvalue weighted by molar-refractivity contribution is 9.10. The number of benzene rings is 1. The van der Waals surface area contributed by atoms with Crippen molar-refractivity contribution in [2.24, 2.45) is 0 Å². The number of hydrogen-bond acceptors (Lipinski definition) is 6. The van der Waals surface area contributed by atoms with E-state index in [0.29, 0.717) is 27.7 Å². The van der Waals surface area contributed by atoms with Crippen LogP contribution in [0.4, 0.5) is 5.13 Å². The summed E-state index contributed by atoms with van der Waals surface area (Å²) in [6, 6.07) is 11.1. The number of aromatic nitrogens is 3. The highest BCUT2D eigenvalue weighted by Crippen LogP contribution is 2.32. The fourth-order valence-corrected chi connectivity index (χ4v) is 4.03. The van der Waals surface area contributed by atoms with Crippen LogP contribution in [0.2, 0.25) is 0 Å². The molecule has 3 heterocycles. The van der Waals surface area contributed by atoms with Crippen LogP contribution in [0, 0.1) is 0 Å². The van der Waals surface area contributed by atoms with Crippen molar-refractivity contribution in [2.45, 2.75) is 0 Å². The number of nitrogens with one attached hydrogen (secondary N) is 1. The molecule has 0 fully saturated rings. The summed E-state index contributed by atoms with van der Waals surface area (Å²) in [4.78, 5) is 25.7. The maximum absolute atomic E-state index is 12.9. The van der Waals surface area contributed by atoms with Crippen LogP contribution in [0.5, 0.6) is 5.75 Å². The van der Waals surface area contributed by atoms with Crippen LogP contribution in [0.1, 0.15) is 10.4 Å². The maximum atomic E-state index is 12.9. The second kappa shape index (κ2) is 7.42. The zero-order chi connectivity index (χ0) is 18.8. The summed E-state index contributed by atoms with van der Waals surface area (Å²) >= 11 is 4.76. The number of halogens is 1. The van der Waals surface area contributed by atoms with E-state index < -0.39 is 0 Å². The number of thiazole rings is 1. The summed E-state index contributed by atoms with van der Waals surface area (Å²) in [7, 11) is 1.60. The van der Waals surface area contributed by atoms with Gasteiger partial charge in [0, 0.05) is 34.2 Å². The molecule has 0 atom stereocenters. The van der Waals surface area contributed by atoms with E-state index in [4.69, 9.17) is 4.74 Å². The number of methoxy groups -OCH3 is 1. The standard InChI is InChI=1S/C19H13BrN4O2S/c1-26-15-5-3-2-4-12(15)14-10-21-7-6-13(14)18(25)24-19-23-17-16(27-19)8-11(20)9-22-17/h2-10H,1H3,(H,22,23,24,25). The van der Waals surface area contributed by atoms with Gasteiger partial charge in [0.15, 0.2) is 10.8 Å². The molecule has 0 unspecified atom stereocenters. The Bertz CT molecular complexity index is 1150. The third-order valence-corrected chi connectivity index (χ3v) is 5.24. The van der Waals surface area contributed by atoms with Gasteiger partial charge in [-0.3, -0.25) is 15.1 Å². The number of rotatable bonds is 4. The molecule has 8 heteroatoms. The Morgan fingerprint density at radius 3 is 2.89 bits per heavy atom. The molecule has 0 aliphatic rings. The molecule has 134 valence electrons. The van der Waals surface area contributed by atoms with E-state index in [9.17, 15) is 4.79 Å². The van der Waals surface area contributed by atoms with Crippen molar-refractivity contribution in [2.75, 3.05) is 12.4 Å². The first-order valence-corrected chi connectivity index (χ1v) is 9.57. The van der Waals surface area contributed by atoms with Crippen LogP contribution in [-0.4, -0.2) is 28.0 Å². The lowest BCUT2D eigenvalue weighted by atomic mass is 10.0. The normalized spacial score (nSPS) is 10.7. The van der Waals surface area contributed by atoms with Gasteiger partial charge in [-0.05, 0) is 34.1 Å². The lowest BCUT2D eigenvalue weighted by molar-refractivity contribution is 0.102. The van der Waals surface area contributed by atoms with Crippen molar-refractivity contribution in [1.29, 1.82) is 0 Å². The zero-order valence-corrected chi connectivity index (χ0v) is 16.5. The highest BCUT2D eigenvalue weighted by Gasteiger charge is 2.17. The van der Waals surface area contributed by atoms with Crippen molar-refractivity contribution < 1.29 is 9.53 Å². The first kappa shape index (κ1) is 17.6. The Balaban J connectivity index is 1.70. The predicted octanol–water partition coefficient (Wildman–Crippen LogP) is 4.78. The molecule has 0 saturated carbocycles. The highest BCUT2D eigenvalue weighted by atomic mass is 79.9. The lowest BCUT2D eigenvalue weighted by Gasteiger charge is -2.11. The van der Waals surface area contributed by atoms with Gasteiger partial charge in [-0.15, -0.1) is 0 Å². The third-order valence-electron chi connectivity index (χ3n) is 3.90. The molecule has 4 aromatic rings. The average Bonchev–Trinajstić information content (AvgIpc) is 3.09. The molecule has 1 amide bonds. The van der Waals surface area contributed by atoms with Gasteiger partial charge in [-0.2, -0.15) is 4.98 Å². The van der Waals surface area contributed by atoms with Crippen molar-refractivity contribution >= 4 is 48.7 Å². The largest absolute Gasteiger partial charge is 0.496 e. The number of para-hydroxylation sites is 1. The lowest BCUT2D eigenvalue weighted by Crippen LogP contribution is -2.13. The van der Waals surface area contributed by atoms with Gasteiger partial charge in [0.25, 0.3) is 5.91 Å². The summed E-state index contributed by atoms with van der Waals surface area (Å²) in [5.41, 5.74) is 2.57. The molecule has 0 radical (unpaired) electrons. The minimum Gasteiger partial charge on any atom is -0.496 e. The molecule has 0 spiro atoms. The quantitative estimate of drug-likeness (QED) is 0.494. The summed E-state index contributed by atoms with van der Waals surface area (Å²) in [6.07, 6.45) is 4.92. The molecule has 1 N–H and O–H groups in total. The third kappa shape index (κ3) is 3.54. The van der Waals surface area contributed by atoms with Gasteiger partial charge in [-0.25, -0.2) is 4.98 Å². The summed E-state index contributed by atoms with van der Waals surface area (Å²) in [5.74, 6) is 0.407. The van der Waals surface area contributed by atoms with Crippen LogP contribution in [0.15, 0.2) is 59.5 Å². The van der Waals surface area contributed by atoms with E-state index in [2.05, 4.69) is 36.2 Å². The van der Waals surface area contributed by atoms with E-state index in [1.165, 1.54) is 11.3 Å². The van der Waals surface area contributed by atoms with E-state index in [-0.39, 0.29) is 5.91 Å². The molecule has 1 aromatic carbocycles. The number of anilines is 1. The molecule has 6 nitrogen and oxygen atoms in total. The van der Waals surface area contributed by atoms with E-state index >= 15 is 0 Å². The summed E-state index contributed by atoms with van der Waals surface area (Å²) in [5, 5.41) is 3.35. The van der Waals surface area contributed by atoms with E-state index in [0.717, 1.165) is 14.7 Å². The Morgan fingerprint density at radius 2 is 2.04 bits per heavy atom. The molecule has 0 bridgehead atoms. The molecule has 27 heavy (non-hydrogen) atoms. The number of ether oxygens (including phenoxy) is 1. The fraction of sp³-hybridized carbons (Fsp3) is 0.0526. The Kier molecular flexibility index (Phi) is 4.83. The Morgan fingerprint density at radius 1 is 1.19 bits per heavy atom.